The molecule has 102 valence electrons. The van der Waals surface area contributed by atoms with Crippen LogP contribution in [0.25, 0.3) is 0 Å². The Labute approximate surface area is 119 Å². The Morgan fingerprint density at radius 1 is 1.10 bits per heavy atom. The highest BCUT2D eigenvalue weighted by molar-refractivity contribution is 5.96. The van der Waals surface area contributed by atoms with Crippen LogP contribution in [0.4, 0.5) is 11.4 Å². The van der Waals surface area contributed by atoms with Crippen molar-refractivity contribution in [3.8, 4) is 0 Å². The van der Waals surface area contributed by atoms with E-state index in [0.29, 0.717) is 12.1 Å². The van der Waals surface area contributed by atoms with Gasteiger partial charge < -0.3 is 10.6 Å². The minimum atomic E-state index is 0.120. The van der Waals surface area contributed by atoms with E-state index >= 15 is 0 Å². The third-order valence-corrected chi connectivity index (χ3v) is 3.81. The third-order valence-electron chi connectivity index (χ3n) is 3.81. The maximum atomic E-state index is 12.6. The van der Waals surface area contributed by atoms with Crippen LogP contribution in [-0.4, -0.2) is 12.5 Å². The van der Waals surface area contributed by atoms with Gasteiger partial charge in [-0.3, -0.25) is 4.79 Å². The largest absolute Gasteiger partial charge is 0.398 e. The molecule has 1 aliphatic rings. The third kappa shape index (κ3) is 2.39. The van der Waals surface area contributed by atoms with Gasteiger partial charge in [0.2, 0.25) is 5.91 Å². The fourth-order valence-electron chi connectivity index (χ4n) is 2.75. The van der Waals surface area contributed by atoms with Crippen molar-refractivity contribution in [3.05, 3.63) is 59.7 Å². The summed E-state index contributed by atoms with van der Waals surface area (Å²) in [4.78, 5) is 14.4. The summed E-state index contributed by atoms with van der Waals surface area (Å²) in [7, 11) is 0. The summed E-state index contributed by atoms with van der Waals surface area (Å²) in [5.74, 6) is 0.120. The maximum absolute atomic E-state index is 12.6. The fraction of sp³-hybridized carbons (Fsp3) is 0.235. The lowest BCUT2D eigenvalue weighted by molar-refractivity contribution is -0.118. The van der Waals surface area contributed by atoms with Gasteiger partial charge in [-0.05, 0) is 36.1 Å². The zero-order chi connectivity index (χ0) is 13.9. The molecule has 2 N–H and O–H groups in total. The van der Waals surface area contributed by atoms with Crippen molar-refractivity contribution in [2.75, 3.05) is 17.2 Å². The van der Waals surface area contributed by atoms with Crippen molar-refractivity contribution in [1.82, 2.24) is 0 Å². The molecule has 0 aliphatic carbocycles. The van der Waals surface area contributed by atoms with Crippen molar-refractivity contribution in [2.45, 2.75) is 19.3 Å². The quantitative estimate of drug-likeness (QED) is 0.850. The first kappa shape index (κ1) is 12.7. The van der Waals surface area contributed by atoms with Crippen molar-refractivity contribution in [1.29, 1.82) is 0 Å². The molecule has 0 atom stereocenters. The summed E-state index contributed by atoms with van der Waals surface area (Å²) < 4.78 is 0. The minimum Gasteiger partial charge on any atom is -0.398 e. The molecule has 0 spiro atoms. The Balaban J connectivity index is 1.84. The number of amides is 1. The van der Waals surface area contributed by atoms with E-state index in [9.17, 15) is 4.79 Å². The molecular weight excluding hydrogens is 248 g/mol. The minimum absolute atomic E-state index is 0.120. The molecule has 20 heavy (non-hydrogen) atoms. The van der Waals surface area contributed by atoms with Crippen LogP contribution in [0, 0.1) is 0 Å². The highest BCUT2D eigenvalue weighted by Gasteiger charge is 2.22. The van der Waals surface area contributed by atoms with Gasteiger partial charge in [0, 0.05) is 17.9 Å². The van der Waals surface area contributed by atoms with Crippen LogP contribution in [-0.2, 0) is 17.6 Å². The van der Waals surface area contributed by atoms with Gasteiger partial charge in [-0.1, -0.05) is 36.4 Å². The average molecular weight is 266 g/mol. The number of fused-ring (bicyclic) bond motifs is 1. The van der Waals surface area contributed by atoms with E-state index < -0.39 is 0 Å². The maximum Gasteiger partial charge on any atom is 0.231 e. The number of nitrogens with zero attached hydrogens (tertiary/aromatic N) is 1. The summed E-state index contributed by atoms with van der Waals surface area (Å²) in [6.45, 7) is 0.794. The van der Waals surface area contributed by atoms with Gasteiger partial charge in [-0.2, -0.15) is 0 Å². The summed E-state index contributed by atoms with van der Waals surface area (Å²) >= 11 is 0. The van der Waals surface area contributed by atoms with Gasteiger partial charge in [-0.15, -0.1) is 0 Å². The van der Waals surface area contributed by atoms with E-state index in [2.05, 4.69) is 6.07 Å². The van der Waals surface area contributed by atoms with Crippen molar-refractivity contribution in [2.24, 2.45) is 0 Å². The summed E-state index contributed by atoms with van der Waals surface area (Å²) in [5, 5.41) is 0. The number of carbonyl (C=O) groups excluding carboxylic acids is 1. The molecule has 3 nitrogen and oxygen atoms in total. The number of aryl methyl sites for hydroxylation is 1. The van der Waals surface area contributed by atoms with Gasteiger partial charge >= 0.3 is 0 Å². The van der Waals surface area contributed by atoms with Gasteiger partial charge in [0.1, 0.15) is 0 Å². The molecule has 0 bridgehead atoms. The lowest BCUT2D eigenvalue weighted by atomic mass is 10.0. The van der Waals surface area contributed by atoms with Crippen LogP contribution < -0.4 is 10.6 Å². The number of hydrogen-bond acceptors (Lipinski definition) is 2. The highest BCUT2D eigenvalue weighted by atomic mass is 16.2. The standard InChI is InChI=1S/C17H18N2O/c18-15-9-3-1-7-14(15)12-17(20)19-11-5-8-13-6-2-4-10-16(13)19/h1-4,6-7,9-10H,5,8,11-12,18H2. The molecule has 2 aromatic rings. The molecule has 0 unspecified atom stereocenters. The molecule has 0 radical (unpaired) electrons. The molecule has 3 heteroatoms. The number of carbonyl (C=O) groups is 1. The number of benzene rings is 2. The molecule has 1 aliphatic heterocycles. The van der Waals surface area contributed by atoms with Crippen LogP contribution >= 0.6 is 0 Å². The number of anilines is 2. The zero-order valence-corrected chi connectivity index (χ0v) is 11.4. The molecule has 0 aromatic heterocycles. The predicted molar refractivity (Wildman–Crippen MR) is 81.7 cm³/mol. The van der Waals surface area contributed by atoms with E-state index in [1.54, 1.807) is 0 Å². The lowest BCUT2D eigenvalue weighted by Gasteiger charge is -2.29. The Morgan fingerprint density at radius 2 is 1.85 bits per heavy atom. The summed E-state index contributed by atoms with van der Waals surface area (Å²) in [5.41, 5.74) is 9.82. The second-order valence-corrected chi connectivity index (χ2v) is 5.15. The smallest absolute Gasteiger partial charge is 0.231 e. The number of rotatable bonds is 2. The monoisotopic (exact) mass is 266 g/mol. The Hall–Kier alpha value is -2.29. The SMILES string of the molecule is Nc1ccccc1CC(=O)N1CCCc2ccccc21. The lowest BCUT2D eigenvalue weighted by Crippen LogP contribution is -2.36. The van der Waals surface area contributed by atoms with Crippen molar-refractivity contribution in [3.63, 3.8) is 0 Å². The van der Waals surface area contributed by atoms with E-state index in [1.165, 1.54) is 5.56 Å². The van der Waals surface area contributed by atoms with E-state index in [1.807, 2.05) is 47.4 Å². The molecule has 3 rings (SSSR count). The van der Waals surface area contributed by atoms with Gasteiger partial charge in [0.15, 0.2) is 0 Å². The molecule has 2 aromatic carbocycles. The normalized spacial score (nSPS) is 13.9. The van der Waals surface area contributed by atoms with Crippen LogP contribution in [0.1, 0.15) is 17.5 Å². The van der Waals surface area contributed by atoms with E-state index in [4.69, 9.17) is 5.73 Å². The summed E-state index contributed by atoms with van der Waals surface area (Å²) in [6.07, 6.45) is 2.43. The molecule has 0 saturated carbocycles. The average Bonchev–Trinajstić information content (AvgIpc) is 2.49. The zero-order valence-electron chi connectivity index (χ0n) is 11.4. The number of nitrogen functional groups attached to an aromatic ring is 1. The molecule has 1 heterocycles. The second kappa shape index (κ2) is 5.37. The summed E-state index contributed by atoms with van der Waals surface area (Å²) in [6, 6.07) is 15.7. The Bertz CT molecular complexity index is 636. The van der Waals surface area contributed by atoms with Crippen LogP contribution in [0.3, 0.4) is 0 Å². The van der Waals surface area contributed by atoms with Crippen LogP contribution in [0.5, 0.6) is 0 Å². The van der Waals surface area contributed by atoms with Crippen molar-refractivity contribution >= 4 is 17.3 Å². The topological polar surface area (TPSA) is 46.3 Å². The van der Waals surface area contributed by atoms with Crippen LogP contribution in [0.2, 0.25) is 0 Å². The van der Waals surface area contributed by atoms with E-state index in [-0.39, 0.29) is 5.91 Å². The number of nitrogens with two attached hydrogens (primary N) is 1. The van der Waals surface area contributed by atoms with Gasteiger partial charge in [0.05, 0.1) is 6.42 Å². The van der Waals surface area contributed by atoms with Gasteiger partial charge in [-0.25, -0.2) is 0 Å². The first-order valence-electron chi connectivity index (χ1n) is 6.97. The first-order chi connectivity index (χ1) is 9.75. The Kier molecular flexibility index (Phi) is 3.42. The molecule has 1 amide bonds. The van der Waals surface area contributed by atoms with Crippen LogP contribution in [0.15, 0.2) is 48.5 Å². The van der Waals surface area contributed by atoms with Crippen molar-refractivity contribution < 1.29 is 4.79 Å². The fourth-order valence-corrected chi connectivity index (χ4v) is 2.75. The Morgan fingerprint density at radius 3 is 2.70 bits per heavy atom. The number of para-hydroxylation sites is 2. The first-order valence-corrected chi connectivity index (χ1v) is 6.97. The molecule has 0 fully saturated rings. The van der Waals surface area contributed by atoms with Gasteiger partial charge in [0.25, 0.3) is 0 Å². The molecular formula is C17H18N2O. The van der Waals surface area contributed by atoms with E-state index in [0.717, 1.165) is 30.6 Å². The highest BCUT2D eigenvalue weighted by Crippen LogP contribution is 2.27. The second-order valence-electron chi connectivity index (χ2n) is 5.15. The number of hydrogen-bond donors (Lipinski definition) is 1. The predicted octanol–water partition coefficient (Wildman–Crippen LogP) is 2.79. The molecule has 0 saturated heterocycles.